The Kier molecular flexibility index (Phi) is 5.87. The predicted molar refractivity (Wildman–Crippen MR) is 125 cm³/mol. The Morgan fingerprint density at radius 3 is 2.42 bits per heavy atom. The van der Waals surface area contributed by atoms with Crippen molar-refractivity contribution in [2.75, 3.05) is 5.01 Å². The number of hydrogen-bond donors (Lipinski definition) is 0. The first kappa shape index (κ1) is 21.7. The van der Waals surface area contributed by atoms with E-state index in [9.17, 15) is 25.0 Å². The van der Waals surface area contributed by atoms with E-state index in [1.165, 1.54) is 66.1 Å². The fraction of sp³-hybridized carbons (Fsp3) is 0.0455. The SMILES string of the molecule is Cc1ccc2nc(N(/N=C/c3ccc([N+](=O)[O-])cc3)C(=O)c3cccc([N+](=O)[O-])c3)sc2c1. The third-order valence-electron chi connectivity index (χ3n) is 4.64. The van der Waals surface area contributed by atoms with Crippen LogP contribution in [0.3, 0.4) is 0 Å². The lowest BCUT2D eigenvalue weighted by Gasteiger charge is -2.13. The van der Waals surface area contributed by atoms with Gasteiger partial charge in [-0.05, 0) is 48.4 Å². The molecule has 11 heteroatoms. The Balaban J connectivity index is 1.75. The van der Waals surface area contributed by atoms with E-state index in [1.807, 2.05) is 25.1 Å². The van der Waals surface area contributed by atoms with Gasteiger partial charge in [0.05, 0.1) is 26.3 Å². The molecular formula is C22H15N5O5S. The van der Waals surface area contributed by atoms with Crippen LogP contribution in [0.15, 0.2) is 71.8 Å². The standard InChI is InChI=1S/C22H15N5O5S/c1-14-5-10-19-20(11-14)33-22(24-19)25(21(28)16-3-2-4-18(12-16)27(31)32)23-13-15-6-8-17(9-7-15)26(29)30/h2-13H,1H3/b23-13+. The predicted octanol–water partition coefficient (Wildman–Crippen LogP) is 5.10. The van der Waals surface area contributed by atoms with Gasteiger partial charge in [-0.15, -0.1) is 0 Å². The van der Waals surface area contributed by atoms with E-state index >= 15 is 0 Å². The molecule has 0 radical (unpaired) electrons. The molecule has 33 heavy (non-hydrogen) atoms. The van der Waals surface area contributed by atoms with Crippen LogP contribution in [0.25, 0.3) is 10.2 Å². The van der Waals surface area contributed by atoms with Crippen LogP contribution in [0.1, 0.15) is 21.5 Å². The van der Waals surface area contributed by atoms with Gasteiger partial charge in [0, 0.05) is 29.8 Å². The monoisotopic (exact) mass is 461 g/mol. The average Bonchev–Trinajstić information content (AvgIpc) is 3.22. The lowest BCUT2D eigenvalue weighted by Crippen LogP contribution is -2.25. The zero-order valence-corrected chi connectivity index (χ0v) is 17.9. The minimum Gasteiger partial charge on any atom is -0.267 e. The molecule has 164 valence electrons. The number of amides is 1. The van der Waals surface area contributed by atoms with Crippen molar-refractivity contribution in [2.45, 2.75) is 6.92 Å². The quantitative estimate of drug-likeness (QED) is 0.223. The molecule has 4 rings (SSSR count). The molecule has 0 saturated carbocycles. The van der Waals surface area contributed by atoms with Crippen molar-refractivity contribution in [3.8, 4) is 0 Å². The molecule has 0 fully saturated rings. The number of aromatic nitrogens is 1. The fourth-order valence-electron chi connectivity index (χ4n) is 2.98. The lowest BCUT2D eigenvalue weighted by molar-refractivity contribution is -0.385. The summed E-state index contributed by atoms with van der Waals surface area (Å²) in [5.74, 6) is -0.604. The molecule has 1 aromatic heterocycles. The van der Waals surface area contributed by atoms with E-state index in [0.29, 0.717) is 11.1 Å². The maximum Gasteiger partial charge on any atom is 0.281 e. The zero-order valence-electron chi connectivity index (χ0n) is 17.1. The molecule has 4 aromatic rings. The van der Waals surface area contributed by atoms with Gasteiger partial charge in [0.2, 0.25) is 5.13 Å². The van der Waals surface area contributed by atoms with E-state index in [-0.39, 0.29) is 22.1 Å². The first-order valence-corrected chi connectivity index (χ1v) is 10.4. The molecule has 0 aliphatic rings. The molecule has 0 atom stereocenters. The maximum atomic E-state index is 13.3. The van der Waals surface area contributed by atoms with Crippen LogP contribution >= 0.6 is 11.3 Å². The smallest absolute Gasteiger partial charge is 0.267 e. The van der Waals surface area contributed by atoms with E-state index in [4.69, 9.17) is 0 Å². The Labute approximate surface area is 190 Å². The summed E-state index contributed by atoms with van der Waals surface area (Å²) in [5.41, 5.74) is 2.01. The van der Waals surface area contributed by atoms with Crippen molar-refractivity contribution < 1.29 is 14.6 Å². The number of carbonyl (C=O) groups excluding carboxylic acids is 1. The average molecular weight is 461 g/mol. The van der Waals surface area contributed by atoms with Crippen LogP contribution in [0, 0.1) is 27.2 Å². The highest BCUT2D eigenvalue weighted by atomic mass is 32.1. The Bertz CT molecular complexity index is 1410. The number of fused-ring (bicyclic) bond motifs is 1. The Morgan fingerprint density at radius 1 is 1.00 bits per heavy atom. The van der Waals surface area contributed by atoms with Crippen molar-refractivity contribution in [2.24, 2.45) is 5.10 Å². The third kappa shape index (κ3) is 4.72. The van der Waals surface area contributed by atoms with Crippen molar-refractivity contribution in [3.05, 3.63) is 104 Å². The molecule has 0 bridgehead atoms. The van der Waals surface area contributed by atoms with Crippen molar-refractivity contribution in [1.82, 2.24) is 4.98 Å². The minimum absolute atomic E-state index is 0.0699. The number of thiazole rings is 1. The van der Waals surface area contributed by atoms with Gasteiger partial charge in [-0.1, -0.05) is 23.5 Å². The number of nitro benzene ring substituents is 2. The first-order valence-electron chi connectivity index (χ1n) is 9.56. The van der Waals surface area contributed by atoms with Gasteiger partial charge >= 0.3 is 0 Å². The highest BCUT2D eigenvalue weighted by Gasteiger charge is 2.22. The van der Waals surface area contributed by atoms with Gasteiger partial charge in [-0.3, -0.25) is 25.0 Å². The van der Waals surface area contributed by atoms with Gasteiger partial charge in [0.1, 0.15) is 0 Å². The number of rotatable bonds is 6. The molecule has 1 heterocycles. The summed E-state index contributed by atoms with van der Waals surface area (Å²) in [6.07, 6.45) is 1.37. The van der Waals surface area contributed by atoms with Crippen molar-refractivity contribution >= 4 is 50.2 Å². The molecule has 1 amide bonds. The number of benzene rings is 3. The summed E-state index contributed by atoms with van der Waals surface area (Å²) >= 11 is 1.25. The molecule has 10 nitrogen and oxygen atoms in total. The van der Waals surface area contributed by atoms with E-state index in [0.717, 1.165) is 15.3 Å². The summed E-state index contributed by atoms with van der Waals surface area (Å²) in [5, 5.41) is 27.6. The Hall–Kier alpha value is -4.51. The maximum absolute atomic E-state index is 13.3. The Morgan fingerprint density at radius 2 is 1.73 bits per heavy atom. The highest BCUT2D eigenvalue weighted by molar-refractivity contribution is 7.22. The van der Waals surface area contributed by atoms with Gasteiger partial charge in [0.25, 0.3) is 17.3 Å². The second-order valence-electron chi connectivity index (χ2n) is 6.99. The zero-order chi connectivity index (χ0) is 23.5. The summed E-state index contributed by atoms with van der Waals surface area (Å²) in [4.78, 5) is 38.7. The van der Waals surface area contributed by atoms with Gasteiger partial charge in [0.15, 0.2) is 0 Å². The molecule has 0 unspecified atom stereocenters. The number of nitrogens with zero attached hydrogens (tertiary/aromatic N) is 5. The van der Waals surface area contributed by atoms with E-state index in [2.05, 4.69) is 10.1 Å². The number of anilines is 1. The molecule has 3 aromatic carbocycles. The van der Waals surface area contributed by atoms with Gasteiger partial charge in [-0.25, -0.2) is 4.98 Å². The van der Waals surface area contributed by atoms with E-state index < -0.39 is 15.8 Å². The molecule has 0 N–H and O–H groups in total. The summed E-state index contributed by atoms with van der Waals surface area (Å²) in [7, 11) is 0. The number of hydrazone groups is 1. The molecule has 0 aliphatic carbocycles. The topological polar surface area (TPSA) is 132 Å². The van der Waals surface area contributed by atoms with Crippen LogP contribution in [0.2, 0.25) is 0 Å². The highest BCUT2D eigenvalue weighted by Crippen LogP contribution is 2.31. The van der Waals surface area contributed by atoms with Crippen LogP contribution in [-0.4, -0.2) is 27.0 Å². The normalized spacial score (nSPS) is 11.1. The number of nitro groups is 2. The number of hydrogen-bond acceptors (Lipinski definition) is 8. The first-order chi connectivity index (χ1) is 15.8. The van der Waals surface area contributed by atoms with Crippen LogP contribution in [-0.2, 0) is 0 Å². The number of non-ortho nitro benzene ring substituents is 2. The molecule has 0 spiro atoms. The van der Waals surface area contributed by atoms with Crippen LogP contribution in [0.4, 0.5) is 16.5 Å². The van der Waals surface area contributed by atoms with Crippen molar-refractivity contribution in [3.63, 3.8) is 0 Å². The summed E-state index contributed by atoms with van der Waals surface area (Å²) in [6.45, 7) is 1.94. The number of carbonyl (C=O) groups is 1. The van der Waals surface area contributed by atoms with Crippen LogP contribution < -0.4 is 5.01 Å². The van der Waals surface area contributed by atoms with E-state index in [1.54, 1.807) is 0 Å². The van der Waals surface area contributed by atoms with Gasteiger partial charge in [-0.2, -0.15) is 10.1 Å². The molecule has 0 saturated heterocycles. The van der Waals surface area contributed by atoms with Crippen LogP contribution in [0.5, 0.6) is 0 Å². The largest absolute Gasteiger partial charge is 0.281 e. The van der Waals surface area contributed by atoms with Crippen molar-refractivity contribution in [1.29, 1.82) is 0 Å². The molecular weight excluding hydrogens is 446 g/mol. The second-order valence-corrected chi connectivity index (χ2v) is 7.99. The van der Waals surface area contributed by atoms with Gasteiger partial charge < -0.3 is 0 Å². The molecule has 0 aliphatic heterocycles. The summed E-state index contributed by atoms with van der Waals surface area (Å²) in [6, 6.07) is 16.7. The fourth-order valence-corrected chi connectivity index (χ4v) is 4.00. The second kappa shape index (κ2) is 8.93. The lowest BCUT2D eigenvalue weighted by atomic mass is 10.2. The number of aryl methyl sites for hydroxylation is 1. The minimum atomic E-state index is -0.604. The third-order valence-corrected chi connectivity index (χ3v) is 5.63. The summed E-state index contributed by atoms with van der Waals surface area (Å²) < 4.78 is 0.854.